The van der Waals surface area contributed by atoms with Crippen molar-refractivity contribution in [1.29, 1.82) is 0 Å². The van der Waals surface area contributed by atoms with E-state index in [1.54, 1.807) is 21.8 Å². The normalized spacial score (nSPS) is 21.9. The van der Waals surface area contributed by atoms with Crippen molar-refractivity contribution in [3.63, 3.8) is 0 Å². The monoisotopic (exact) mass is 670 g/mol. The number of para-hydroxylation sites is 1. The molecule has 6 rings (SSSR count). The van der Waals surface area contributed by atoms with Crippen molar-refractivity contribution in [1.82, 2.24) is 15.0 Å². The maximum absolute atomic E-state index is 14.8. The van der Waals surface area contributed by atoms with Gasteiger partial charge in [-0.05, 0) is 55.4 Å². The maximum Gasteiger partial charge on any atom is 0.269 e. The second-order valence-corrected chi connectivity index (χ2v) is 16.9. The Morgan fingerprint density at radius 1 is 1.10 bits per heavy atom. The third-order valence-corrected chi connectivity index (χ3v) is 11.9. The first kappa shape index (κ1) is 33.1. The summed E-state index contributed by atoms with van der Waals surface area (Å²) in [6, 6.07) is 20.9. The van der Waals surface area contributed by atoms with Crippen molar-refractivity contribution in [3.05, 3.63) is 106 Å². The number of amides is 2. The lowest BCUT2D eigenvalue weighted by molar-refractivity contribution is -0.385. The maximum atomic E-state index is 14.8. The van der Waals surface area contributed by atoms with Gasteiger partial charge in [-0.3, -0.25) is 29.3 Å². The largest absolute Gasteiger partial charge is 0.432 e. The Morgan fingerprint density at radius 2 is 1.85 bits per heavy atom. The molecule has 2 N–H and O–H groups in total. The average molecular weight is 671 g/mol. The number of aromatic nitrogens is 3. The highest BCUT2D eigenvalue weighted by Gasteiger charge is 2.66. The van der Waals surface area contributed by atoms with E-state index in [9.17, 15) is 29.6 Å². The van der Waals surface area contributed by atoms with Crippen molar-refractivity contribution in [2.24, 2.45) is 5.92 Å². The summed E-state index contributed by atoms with van der Waals surface area (Å²) in [4.78, 5) is 53.1. The van der Waals surface area contributed by atoms with Gasteiger partial charge in [-0.25, -0.2) is 0 Å². The van der Waals surface area contributed by atoms with Crippen LogP contribution in [0.5, 0.6) is 0 Å². The number of nitro groups is 1. The van der Waals surface area contributed by atoms with Crippen molar-refractivity contribution >= 4 is 43.4 Å². The van der Waals surface area contributed by atoms with E-state index in [2.05, 4.69) is 10.3 Å². The first-order valence-corrected chi connectivity index (χ1v) is 18.9. The second kappa shape index (κ2) is 13.0. The van der Waals surface area contributed by atoms with Gasteiger partial charge in [0.25, 0.3) is 11.6 Å². The number of fused-ring (bicyclic) bond motifs is 2. The molecule has 3 aromatic carbocycles. The van der Waals surface area contributed by atoms with Crippen LogP contribution in [0, 0.1) is 16.0 Å². The third-order valence-electron chi connectivity index (χ3n) is 9.44. The molecule has 14 heteroatoms. The van der Waals surface area contributed by atoms with E-state index in [-0.39, 0.29) is 30.3 Å². The first-order chi connectivity index (χ1) is 23.0. The molecule has 2 aliphatic rings. The fraction of sp³-hybridized carbons (Fsp3) is 0.353. The Hall–Kier alpha value is -4.76. The van der Waals surface area contributed by atoms with E-state index in [0.717, 1.165) is 12.0 Å². The minimum Gasteiger partial charge on any atom is -0.432 e. The van der Waals surface area contributed by atoms with E-state index >= 15 is 0 Å². The van der Waals surface area contributed by atoms with Crippen LogP contribution in [0.1, 0.15) is 30.2 Å². The summed E-state index contributed by atoms with van der Waals surface area (Å²) in [6.07, 6.45) is 2.72. The minimum absolute atomic E-state index is 0.0480. The van der Waals surface area contributed by atoms with Gasteiger partial charge >= 0.3 is 0 Å². The summed E-state index contributed by atoms with van der Waals surface area (Å²) in [5.41, 5.74) is 1.49. The number of hydrogen-bond donors (Lipinski definition) is 2. The van der Waals surface area contributed by atoms with Crippen LogP contribution in [0.2, 0.25) is 18.6 Å². The molecule has 0 bridgehead atoms. The van der Waals surface area contributed by atoms with Crippen molar-refractivity contribution < 1.29 is 29.2 Å². The van der Waals surface area contributed by atoms with Gasteiger partial charge in [-0.2, -0.15) is 0 Å². The smallest absolute Gasteiger partial charge is 0.269 e. The summed E-state index contributed by atoms with van der Waals surface area (Å²) in [5.74, 6) is -0.869. The Kier molecular flexibility index (Phi) is 9.00. The van der Waals surface area contributed by atoms with E-state index < -0.39 is 30.9 Å². The number of rotatable bonds is 12. The van der Waals surface area contributed by atoms with E-state index in [0.29, 0.717) is 47.7 Å². The highest BCUT2D eigenvalue weighted by atomic mass is 28.4. The molecule has 1 saturated heterocycles. The molecule has 250 valence electrons. The summed E-state index contributed by atoms with van der Waals surface area (Å²) in [6.45, 7) is 6.00. The Bertz CT molecular complexity index is 1830. The molecule has 0 unspecified atom stereocenters. The zero-order chi connectivity index (χ0) is 34.2. The lowest BCUT2D eigenvalue weighted by atomic mass is 9.82. The van der Waals surface area contributed by atoms with Crippen LogP contribution in [0.25, 0.3) is 0 Å². The number of hydrogen-bond acceptors (Lipinski definition) is 9. The molecule has 1 spiro atoms. The van der Waals surface area contributed by atoms with Crippen LogP contribution >= 0.6 is 0 Å². The zero-order valence-electron chi connectivity index (χ0n) is 27.0. The Balaban J connectivity index is 1.37. The van der Waals surface area contributed by atoms with E-state index in [1.807, 2.05) is 74.6 Å². The van der Waals surface area contributed by atoms with Crippen LogP contribution in [0.4, 0.5) is 22.7 Å². The number of ether oxygens (including phenoxy) is 1. The molecular weight excluding hydrogens is 632 g/mol. The second-order valence-electron chi connectivity index (χ2n) is 12.9. The number of aliphatic hydroxyl groups excluding tert-OH is 1. The summed E-state index contributed by atoms with van der Waals surface area (Å²) >= 11 is 0. The van der Waals surface area contributed by atoms with Gasteiger partial charge in [0.2, 0.25) is 6.41 Å². The quantitative estimate of drug-likeness (QED) is 0.0959. The van der Waals surface area contributed by atoms with Crippen LogP contribution < -0.4 is 9.80 Å². The fourth-order valence-corrected chi connectivity index (χ4v) is 9.99. The lowest BCUT2D eigenvalue weighted by Gasteiger charge is -2.32. The van der Waals surface area contributed by atoms with Crippen molar-refractivity contribution in [2.75, 3.05) is 16.4 Å². The highest BCUT2D eigenvalue weighted by molar-refractivity contribution is 6.71. The first-order valence-electron chi connectivity index (χ1n) is 15.9. The number of non-ortho nitro benzene ring substituents is 1. The van der Waals surface area contributed by atoms with Crippen molar-refractivity contribution in [3.8, 4) is 0 Å². The standard InChI is InChI=1S/C34H38N6O7Si/c1-23-32(48(2,3)46)31(14-16-37-21-25(15-17-41)35-36-37)47-34(23)29-19-28(40(44)45)12-13-30(29)38(33(34)43)20-24-8-7-11-27(18-24)39(22-42)26-9-5-4-6-10-26/h4-13,18-19,21-23,31-32,41,46H,14-17,20H2,1-3H3/t23-,31+,32-,34+/m0/s1. The molecule has 0 radical (unpaired) electrons. The molecule has 48 heavy (non-hydrogen) atoms. The van der Waals surface area contributed by atoms with Gasteiger partial charge in [-0.15, -0.1) is 5.10 Å². The molecule has 1 fully saturated rings. The Labute approximate surface area is 278 Å². The molecule has 1 aromatic heterocycles. The van der Waals surface area contributed by atoms with Crippen molar-refractivity contribution in [2.45, 2.75) is 63.2 Å². The summed E-state index contributed by atoms with van der Waals surface area (Å²) < 4.78 is 8.47. The predicted molar refractivity (Wildman–Crippen MR) is 180 cm³/mol. The minimum atomic E-state index is -2.98. The number of benzene rings is 3. The zero-order valence-corrected chi connectivity index (χ0v) is 28.0. The fourth-order valence-electron chi connectivity index (χ4n) is 7.39. The molecule has 2 aliphatic heterocycles. The number of carbonyl (C=O) groups is 2. The van der Waals surface area contributed by atoms with Crippen LogP contribution in [0.15, 0.2) is 79.0 Å². The summed E-state index contributed by atoms with van der Waals surface area (Å²) in [7, 11) is -2.98. The molecule has 3 heterocycles. The highest BCUT2D eigenvalue weighted by Crippen LogP contribution is 2.60. The predicted octanol–water partition coefficient (Wildman–Crippen LogP) is 4.45. The number of anilines is 3. The lowest BCUT2D eigenvalue weighted by Crippen LogP contribution is -2.46. The van der Waals surface area contributed by atoms with E-state index in [1.165, 1.54) is 17.0 Å². The van der Waals surface area contributed by atoms with Gasteiger partial charge in [0.15, 0.2) is 13.9 Å². The number of nitro benzene ring substituents is 1. The third kappa shape index (κ3) is 5.92. The molecule has 4 aromatic rings. The molecule has 4 atom stereocenters. The Morgan fingerprint density at radius 3 is 2.54 bits per heavy atom. The SMILES string of the molecule is C[C@H]1[C@H]([Si](C)(C)O)[C@@H](CCn2cc(CCO)nn2)O[C@]12C(=O)N(Cc1cccc(N(C=O)c3ccccc3)c1)c1ccc([N+](=O)[O-])cc12. The number of nitrogens with zero attached hydrogens (tertiary/aromatic N) is 6. The van der Waals surface area contributed by atoms with Crippen LogP contribution in [-0.2, 0) is 39.4 Å². The van der Waals surface area contributed by atoms with Gasteiger partial charge < -0.3 is 19.5 Å². The topological polar surface area (TPSA) is 164 Å². The van der Waals surface area contributed by atoms with E-state index in [4.69, 9.17) is 4.74 Å². The van der Waals surface area contributed by atoms with Gasteiger partial charge in [0.05, 0.1) is 29.0 Å². The molecule has 0 saturated carbocycles. The number of carbonyl (C=O) groups excluding carboxylic acids is 2. The van der Waals surface area contributed by atoms with Crippen LogP contribution in [-0.4, -0.2) is 63.2 Å². The summed E-state index contributed by atoms with van der Waals surface area (Å²) in [5, 5.41) is 29.4. The van der Waals surface area contributed by atoms with Crippen LogP contribution in [0.3, 0.4) is 0 Å². The molecule has 0 aliphatic carbocycles. The molecular formula is C34H38N6O7Si. The van der Waals surface area contributed by atoms with Gasteiger partial charge in [-0.1, -0.05) is 42.5 Å². The molecule has 2 amide bonds. The van der Waals surface area contributed by atoms with Gasteiger partial charge in [0, 0.05) is 66.3 Å². The molecule has 13 nitrogen and oxygen atoms in total. The number of aryl methyl sites for hydroxylation is 1. The average Bonchev–Trinajstić information content (AvgIpc) is 3.71. The number of aliphatic hydroxyl groups is 1. The van der Waals surface area contributed by atoms with Gasteiger partial charge in [0.1, 0.15) is 0 Å².